The monoisotopic (exact) mass is 698 g/mol. The molecule has 13 heteroatoms. The van der Waals surface area contributed by atoms with Gasteiger partial charge in [-0.2, -0.15) is 10.5 Å². The van der Waals surface area contributed by atoms with Gasteiger partial charge in [-0.15, -0.1) is 13.2 Å². The maximum Gasteiger partial charge on any atom is 0.573 e. The highest BCUT2D eigenvalue weighted by Gasteiger charge is 2.35. The molecule has 0 spiro atoms. The molecule has 3 heterocycles. The fourth-order valence-corrected chi connectivity index (χ4v) is 6.98. The van der Waals surface area contributed by atoms with Crippen molar-refractivity contribution in [3.63, 3.8) is 0 Å². The molecular weight excluding hydrogens is 657 g/mol. The van der Waals surface area contributed by atoms with Gasteiger partial charge < -0.3 is 25.7 Å². The molecule has 4 aromatic rings. The summed E-state index contributed by atoms with van der Waals surface area (Å²) < 4.78 is 44.7. The van der Waals surface area contributed by atoms with Gasteiger partial charge in [0.05, 0.1) is 28.8 Å². The summed E-state index contributed by atoms with van der Waals surface area (Å²) in [4.78, 5) is 17.5. The maximum atomic E-state index is 12.8. The number of rotatable bonds is 11. The van der Waals surface area contributed by atoms with Crippen molar-refractivity contribution in [1.82, 2.24) is 25.0 Å². The van der Waals surface area contributed by atoms with Gasteiger partial charge in [0.1, 0.15) is 5.75 Å². The second-order valence-electron chi connectivity index (χ2n) is 13.3. The molecule has 2 saturated heterocycles. The fraction of sp³-hybridized carbons (Fsp3) is 0.395. The van der Waals surface area contributed by atoms with Crippen molar-refractivity contribution < 1.29 is 22.7 Å². The number of aryl methyl sites for hydroxylation is 1. The summed E-state index contributed by atoms with van der Waals surface area (Å²) in [5.41, 5.74) is 11.1. The number of halogens is 3. The number of nitrogens with two attached hydrogens (primary N) is 1. The highest BCUT2D eigenvalue weighted by Crippen LogP contribution is 2.34. The van der Waals surface area contributed by atoms with Crippen molar-refractivity contribution in [2.75, 3.05) is 45.8 Å². The minimum absolute atomic E-state index is 0.132. The van der Waals surface area contributed by atoms with Crippen LogP contribution in [0.4, 0.5) is 13.2 Å². The molecule has 2 fully saturated rings. The molecule has 0 saturated carbocycles. The van der Waals surface area contributed by atoms with Gasteiger partial charge in [0, 0.05) is 80.6 Å². The number of carbonyl (C=O) groups excluding carboxylic acids is 1. The molecule has 266 valence electrons. The molecule has 1 amide bonds. The third-order valence-corrected chi connectivity index (χ3v) is 9.82. The Kier molecular flexibility index (Phi) is 10.9. The van der Waals surface area contributed by atoms with Gasteiger partial charge in [0.25, 0.3) is 0 Å². The summed E-state index contributed by atoms with van der Waals surface area (Å²) in [6.07, 6.45) is -0.904. The van der Waals surface area contributed by atoms with E-state index in [-0.39, 0.29) is 11.7 Å². The lowest BCUT2D eigenvalue weighted by Crippen LogP contribution is -2.59. The Bertz CT molecular complexity index is 1900. The first kappa shape index (κ1) is 35.9. The van der Waals surface area contributed by atoms with E-state index < -0.39 is 11.9 Å². The Hall–Kier alpha value is -4.92. The number of amides is 1. The molecule has 4 N–H and O–H groups in total. The van der Waals surface area contributed by atoms with Gasteiger partial charge in [0.15, 0.2) is 0 Å². The molecule has 0 radical (unpaired) electrons. The van der Waals surface area contributed by atoms with Crippen molar-refractivity contribution in [3.05, 3.63) is 89.1 Å². The topological polar surface area (TPSA) is 135 Å². The van der Waals surface area contributed by atoms with Crippen LogP contribution in [0.1, 0.15) is 41.5 Å². The van der Waals surface area contributed by atoms with Crippen LogP contribution in [-0.2, 0) is 24.4 Å². The third kappa shape index (κ3) is 8.70. The van der Waals surface area contributed by atoms with Crippen LogP contribution < -0.4 is 21.1 Å². The average Bonchev–Trinajstić information content (AvgIpc) is 3.48. The van der Waals surface area contributed by atoms with Crippen LogP contribution in [0.25, 0.3) is 22.0 Å². The number of aromatic nitrogens is 1. The first-order chi connectivity index (χ1) is 24.5. The number of nitrogens with zero attached hydrogens (tertiary/aromatic N) is 5. The molecule has 3 aromatic carbocycles. The number of piperazine rings is 1. The van der Waals surface area contributed by atoms with E-state index >= 15 is 0 Å². The van der Waals surface area contributed by atoms with Crippen molar-refractivity contribution in [2.45, 2.75) is 50.8 Å². The molecule has 6 rings (SSSR count). The van der Waals surface area contributed by atoms with Crippen molar-refractivity contribution in [3.8, 4) is 29.0 Å². The number of hydrogen-bond acceptors (Lipinski definition) is 8. The lowest BCUT2D eigenvalue weighted by molar-refractivity contribution is -0.274. The zero-order valence-corrected chi connectivity index (χ0v) is 28.3. The summed E-state index contributed by atoms with van der Waals surface area (Å²) in [6.45, 7) is 6.99. The predicted octanol–water partition coefficient (Wildman–Crippen LogP) is 4.86. The zero-order valence-electron chi connectivity index (χ0n) is 28.3. The van der Waals surface area contributed by atoms with E-state index in [9.17, 15) is 28.5 Å². The molecule has 2 aliphatic rings. The summed E-state index contributed by atoms with van der Waals surface area (Å²) >= 11 is 0. The normalized spacial score (nSPS) is 16.7. The number of piperidine rings is 1. The number of nitrogens with one attached hydrogen (secondary N) is 2. The number of hydrogen-bond donors (Lipinski definition) is 3. The molecule has 0 bridgehead atoms. The van der Waals surface area contributed by atoms with Gasteiger partial charge >= 0.3 is 6.36 Å². The van der Waals surface area contributed by atoms with E-state index in [0.29, 0.717) is 69.7 Å². The van der Waals surface area contributed by atoms with Gasteiger partial charge in [-0.1, -0.05) is 24.3 Å². The SMILES string of the molecule is N#Cc1cccc(C#N)c1CN1CCN(Cc2ccc3c(c2)c(-c2ccc(OC(F)(F)F)cc2)cn3CCCNC(=O)C2(N)CCNCC2)CC1. The smallest absolute Gasteiger partial charge is 0.406 e. The zero-order chi connectivity index (χ0) is 36.0. The lowest BCUT2D eigenvalue weighted by Gasteiger charge is -2.35. The van der Waals surface area contributed by atoms with E-state index in [2.05, 4.69) is 60.1 Å². The van der Waals surface area contributed by atoms with E-state index in [1.165, 1.54) is 12.1 Å². The van der Waals surface area contributed by atoms with Gasteiger partial charge in [-0.3, -0.25) is 14.6 Å². The van der Waals surface area contributed by atoms with Crippen LogP contribution in [0.2, 0.25) is 0 Å². The van der Waals surface area contributed by atoms with Crippen LogP contribution in [0.5, 0.6) is 5.75 Å². The summed E-state index contributed by atoms with van der Waals surface area (Å²) in [7, 11) is 0. The van der Waals surface area contributed by atoms with E-state index in [4.69, 9.17) is 5.73 Å². The minimum Gasteiger partial charge on any atom is -0.406 e. The molecule has 1 aromatic heterocycles. The highest BCUT2D eigenvalue weighted by molar-refractivity contribution is 5.96. The molecule has 0 aliphatic carbocycles. The number of fused-ring (bicyclic) bond motifs is 1. The Morgan fingerprint density at radius 3 is 2.22 bits per heavy atom. The lowest BCUT2D eigenvalue weighted by atomic mass is 9.88. The Labute approximate surface area is 295 Å². The molecular formula is C38H41F3N8O2. The molecule has 0 unspecified atom stereocenters. The van der Waals surface area contributed by atoms with E-state index in [1.54, 1.807) is 30.3 Å². The number of carbonyl (C=O) groups is 1. The van der Waals surface area contributed by atoms with E-state index in [1.807, 2.05) is 6.20 Å². The van der Waals surface area contributed by atoms with Crippen LogP contribution >= 0.6 is 0 Å². The fourth-order valence-electron chi connectivity index (χ4n) is 6.98. The Morgan fingerprint density at radius 2 is 1.59 bits per heavy atom. The molecule has 2 aliphatic heterocycles. The van der Waals surface area contributed by atoms with Crippen molar-refractivity contribution in [2.24, 2.45) is 5.73 Å². The summed E-state index contributed by atoms with van der Waals surface area (Å²) in [6, 6.07) is 21.9. The highest BCUT2D eigenvalue weighted by atomic mass is 19.4. The van der Waals surface area contributed by atoms with E-state index in [0.717, 1.165) is 59.3 Å². The number of nitriles is 2. The van der Waals surface area contributed by atoms with Gasteiger partial charge in [-0.05, 0) is 79.9 Å². The van der Waals surface area contributed by atoms with Crippen LogP contribution in [0, 0.1) is 22.7 Å². The number of alkyl halides is 3. The molecule has 51 heavy (non-hydrogen) atoms. The summed E-state index contributed by atoms with van der Waals surface area (Å²) in [5.74, 6) is -0.412. The van der Waals surface area contributed by atoms with Crippen LogP contribution in [-0.4, -0.2) is 78.0 Å². The minimum atomic E-state index is -4.77. The van der Waals surface area contributed by atoms with Gasteiger partial charge in [0.2, 0.25) is 5.91 Å². The summed E-state index contributed by atoms with van der Waals surface area (Å²) in [5, 5.41) is 26.4. The first-order valence-corrected chi connectivity index (χ1v) is 17.2. The average molecular weight is 699 g/mol. The Balaban J connectivity index is 1.16. The van der Waals surface area contributed by atoms with Crippen molar-refractivity contribution >= 4 is 16.8 Å². The third-order valence-electron chi connectivity index (χ3n) is 9.82. The molecule has 10 nitrogen and oxygen atoms in total. The van der Waals surface area contributed by atoms with Crippen LogP contribution in [0.15, 0.2) is 66.9 Å². The number of ether oxygens (including phenoxy) is 1. The number of benzene rings is 3. The standard InChI is InChI=1S/C38H41F3N8O2/c39-38(40,41)51-31-8-6-28(7-9-31)34-26-49(16-2-13-46-36(50)37(44)11-14-45-15-12-37)35-10-5-27(21-32(34)35)24-47-17-19-48(20-18-47)25-33-29(22-42)3-1-4-30(33)23-43/h1,3-10,21,26,45H,2,11-20,24-25,44H2,(H,46,50). The molecule has 0 atom stereocenters. The second kappa shape index (κ2) is 15.5. The maximum absolute atomic E-state index is 12.8. The van der Waals surface area contributed by atoms with Gasteiger partial charge in [-0.25, -0.2) is 0 Å². The van der Waals surface area contributed by atoms with Crippen molar-refractivity contribution in [1.29, 1.82) is 10.5 Å². The predicted molar refractivity (Wildman–Crippen MR) is 187 cm³/mol. The first-order valence-electron chi connectivity index (χ1n) is 17.2. The second-order valence-corrected chi connectivity index (χ2v) is 13.3. The largest absolute Gasteiger partial charge is 0.573 e. The van der Waals surface area contributed by atoms with Crippen LogP contribution in [0.3, 0.4) is 0 Å². The quantitative estimate of drug-likeness (QED) is 0.189. The Morgan fingerprint density at radius 1 is 0.941 bits per heavy atom.